The van der Waals surface area contributed by atoms with Gasteiger partial charge in [0, 0.05) is 45.3 Å². The van der Waals surface area contributed by atoms with Crippen molar-refractivity contribution in [1.29, 1.82) is 0 Å². The van der Waals surface area contributed by atoms with Crippen LogP contribution < -0.4 is 4.80 Å². The van der Waals surface area contributed by atoms with Gasteiger partial charge in [0.05, 0.1) is 24.3 Å². The van der Waals surface area contributed by atoms with E-state index >= 15 is 0 Å². The van der Waals surface area contributed by atoms with Crippen molar-refractivity contribution in [2.75, 3.05) is 45.9 Å². The van der Waals surface area contributed by atoms with Crippen LogP contribution in [0.25, 0.3) is 10.6 Å². The Kier molecular flexibility index (Phi) is 8.81. The molecule has 1 saturated carbocycles. The van der Waals surface area contributed by atoms with Gasteiger partial charge < -0.3 is 4.74 Å². The summed E-state index contributed by atoms with van der Waals surface area (Å²) in [6.45, 7) is 6.34. The molecule has 0 atom stereocenters. The number of halogens is 1. The zero-order valence-electron chi connectivity index (χ0n) is 19.9. The summed E-state index contributed by atoms with van der Waals surface area (Å²) in [6.07, 6.45) is 5.97. The van der Waals surface area contributed by atoms with Crippen molar-refractivity contribution in [2.24, 2.45) is 12.0 Å². The maximum Gasteiger partial charge on any atom is 0.244 e. The van der Waals surface area contributed by atoms with Crippen LogP contribution in [0.1, 0.15) is 39.0 Å². The molecule has 4 rings (SSSR count). The Balaban J connectivity index is 1.57. The van der Waals surface area contributed by atoms with Gasteiger partial charge in [0.15, 0.2) is 0 Å². The number of sulfonamides is 1. The number of benzene rings is 1. The van der Waals surface area contributed by atoms with Crippen molar-refractivity contribution in [3.05, 3.63) is 28.0 Å². The average Bonchev–Trinajstić information content (AvgIpc) is 3.20. The Morgan fingerprint density at radius 2 is 1.97 bits per heavy atom. The van der Waals surface area contributed by atoms with E-state index in [2.05, 4.69) is 10.00 Å². The first-order chi connectivity index (χ1) is 16.4. The molecule has 0 radical (unpaired) electrons. The van der Waals surface area contributed by atoms with E-state index in [1.54, 1.807) is 16.8 Å². The molecule has 188 valence electrons. The molecule has 1 aromatic heterocycles. The van der Waals surface area contributed by atoms with Crippen LogP contribution in [-0.4, -0.2) is 79.4 Å². The third kappa shape index (κ3) is 6.09. The summed E-state index contributed by atoms with van der Waals surface area (Å²) in [5.41, 5.74) is 0.734. The largest absolute Gasteiger partial charge is 0.379 e. The Bertz CT molecular complexity index is 1140. The van der Waals surface area contributed by atoms with E-state index in [-0.39, 0.29) is 9.92 Å². The first-order valence-corrected chi connectivity index (χ1v) is 14.7. The van der Waals surface area contributed by atoms with Gasteiger partial charge in [-0.1, -0.05) is 55.2 Å². The smallest absolute Gasteiger partial charge is 0.244 e. The molecule has 8 nitrogen and oxygen atoms in total. The molecule has 0 amide bonds. The number of aryl methyl sites for hydroxylation is 1. The zero-order chi connectivity index (χ0) is 24.1. The van der Waals surface area contributed by atoms with E-state index in [0.717, 1.165) is 41.3 Å². The highest BCUT2D eigenvalue weighted by Gasteiger charge is 2.27. The maximum atomic E-state index is 13.5. The van der Waals surface area contributed by atoms with Crippen LogP contribution in [-0.2, 0) is 21.8 Å². The fourth-order valence-corrected chi connectivity index (χ4v) is 7.34. The Labute approximate surface area is 211 Å². The lowest BCUT2D eigenvalue weighted by Gasteiger charge is -2.29. The third-order valence-corrected chi connectivity index (χ3v) is 10.0. The van der Waals surface area contributed by atoms with E-state index in [1.807, 2.05) is 20.0 Å². The van der Waals surface area contributed by atoms with E-state index in [0.29, 0.717) is 38.9 Å². The second-order valence-corrected chi connectivity index (χ2v) is 12.1. The Hall–Kier alpha value is -1.30. The first-order valence-electron chi connectivity index (χ1n) is 12.1. The number of hydrogen-bond acceptors (Lipinski definition) is 7. The second-order valence-electron chi connectivity index (χ2n) is 8.83. The summed E-state index contributed by atoms with van der Waals surface area (Å²) in [4.78, 5) is 8.13. The number of aromatic nitrogens is 2. The molecule has 2 fully saturated rings. The number of nitrogens with zero attached hydrogens (tertiary/aromatic N) is 5. The number of ether oxygens (including phenoxy) is 1. The van der Waals surface area contributed by atoms with E-state index in [9.17, 15) is 8.42 Å². The molecule has 1 aromatic carbocycles. The van der Waals surface area contributed by atoms with Crippen molar-refractivity contribution < 1.29 is 13.2 Å². The fourth-order valence-electron chi connectivity index (χ4n) is 4.44. The van der Waals surface area contributed by atoms with Crippen LogP contribution >= 0.6 is 22.9 Å². The molecule has 34 heavy (non-hydrogen) atoms. The molecule has 2 aliphatic rings. The summed E-state index contributed by atoms with van der Waals surface area (Å²) in [6, 6.07) is 5.48. The predicted molar refractivity (Wildman–Crippen MR) is 136 cm³/mol. The van der Waals surface area contributed by atoms with Crippen LogP contribution in [0.2, 0.25) is 5.02 Å². The summed E-state index contributed by atoms with van der Waals surface area (Å²) < 4.78 is 35.7. The zero-order valence-corrected chi connectivity index (χ0v) is 22.3. The van der Waals surface area contributed by atoms with Gasteiger partial charge in [-0.05, 0) is 25.0 Å². The third-order valence-electron chi connectivity index (χ3n) is 6.49. The van der Waals surface area contributed by atoms with Crippen LogP contribution in [0.5, 0.6) is 0 Å². The topological polar surface area (TPSA) is 80.0 Å². The monoisotopic (exact) mass is 527 g/mol. The van der Waals surface area contributed by atoms with Gasteiger partial charge >= 0.3 is 0 Å². The molecule has 0 spiro atoms. The quantitative estimate of drug-likeness (QED) is 0.526. The molecule has 1 aliphatic heterocycles. The van der Waals surface area contributed by atoms with E-state index < -0.39 is 10.0 Å². The SMILES string of the molecule is CCN(CCN1CCOCC1)S(=O)(=O)c1cc(-c2nn(C)/c(=N\C3CCCCC3)s2)ccc1Cl. The molecule has 1 saturated heterocycles. The maximum absolute atomic E-state index is 13.5. The normalized spacial score (nSPS) is 19.2. The highest BCUT2D eigenvalue weighted by Crippen LogP contribution is 2.30. The molecule has 1 aliphatic carbocycles. The first kappa shape index (κ1) is 25.8. The minimum Gasteiger partial charge on any atom is -0.379 e. The van der Waals surface area contributed by atoms with Crippen LogP contribution in [0.15, 0.2) is 28.1 Å². The minimum absolute atomic E-state index is 0.124. The number of morpholine rings is 1. The van der Waals surface area contributed by atoms with Gasteiger partial charge in [0.2, 0.25) is 14.8 Å². The lowest BCUT2D eigenvalue weighted by Crippen LogP contribution is -2.43. The van der Waals surface area contributed by atoms with Crippen LogP contribution in [0.4, 0.5) is 0 Å². The summed E-state index contributed by atoms with van der Waals surface area (Å²) >= 11 is 7.90. The highest BCUT2D eigenvalue weighted by atomic mass is 35.5. The molecule has 11 heteroatoms. The van der Waals surface area contributed by atoms with E-state index in [4.69, 9.17) is 21.3 Å². The Morgan fingerprint density at radius 3 is 2.68 bits per heavy atom. The molecule has 2 aromatic rings. The summed E-state index contributed by atoms with van der Waals surface area (Å²) in [5.74, 6) is 0. The van der Waals surface area contributed by atoms with Crippen molar-refractivity contribution in [3.8, 4) is 10.6 Å². The minimum atomic E-state index is -3.75. The number of hydrogen-bond donors (Lipinski definition) is 0. The summed E-state index contributed by atoms with van der Waals surface area (Å²) in [7, 11) is -1.86. The summed E-state index contributed by atoms with van der Waals surface area (Å²) in [5, 5.41) is 5.59. The Morgan fingerprint density at radius 1 is 1.24 bits per heavy atom. The molecule has 0 unspecified atom stereocenters. The van der Waals surface area contributed by atoms with Gasteiger partial charge in [-0.25, -0.2) is 13.1 Å². The highest BCUT2D eigenvalue weighted by molar-refractivity contribution is 7.89. The number of rotatable bonds is 8. The lowest BCUT2D eigenvalue weighted by molar-refractivity contribution is 0.0364. The number of likely N-dealkylation sites (N-methyl/N-ethyl adjacent to an activating group) is 1. The second kappa shape index (κ2) is 11.6. The molecule has 0 bridgehead atoms. The van der Waals surface area contributed by atoms with Gasteiger partial charge in [0.25, 0.3) is 0 Å². The van der Waals surface area contributed by atoms with Crippen molar-refractivity contribution in [1.82, 2.24) is 19.0 Å². The van der Waals surface area contributed by atoms with Crippen LogP contribution in [0.3, 0.4) is 0 Å². The van der Waals surface area contributed by atoms with Crippen molar-refractivity contribution in [2.45, 2.75) is 50.0 Å². The van der Waals surface area contributed by atoms with E-state index in [1.165, 1.54) is 34.9 Å². The standard InChI is InChI=1S/C23H34ClN5O3S2/c1-3-29(12-11-28-13-15-32-16-14-28)34(30,31)21-17-18(9-10-20(21)24)22-26-27(2)23(33-22)25-19-7-5-4-6-8-19/h9-10,17,19H,3-8,11-16H2,1-2H3/b25-23+. The van der Waals surface area contributed by atoms with Crippen LogP contribution in [0, 0.1) is 0 Å². The van der Waals surface area contributed by atoms with Crippen molar-refractivity contribution >= 4 is 33.0 Å². The fraction of sp³-hybridized carbons (Fsp3) is 0.652. The molecule has 0 N–H and O–H groups in total. The predicted octanol–water partition coefficient (Wildman–Crippen LogP) is 3.38. The van der Waals surface area contributed by atoms with Gasteiger partial charge in [-0.3, -0.25) is 9.89 Å². The lowest BCUT2D eigenvalue weighted by atomic mass is 9.96. The van der Waals surface area contributed by atoms with Gasteiger partial charge in [-0.2, -0.15) is 9.40 Å². The molecular formula is C23H34ClN5O3S2. The van der Waals surface area contributed by atoms with Crippen molar-refractivity contribution in [3.63, 3.8) is 0 Å². The molecule has 2 heterocycles. The van der Waals surface area contributed by atoms with Gasteiger partial charge in [0.1, 0.15) is 9.90 Å². The van der Waals surface area contributed by atoms with Gasteiger partial charge in [-0.15, -0.1) is 0 Å². The molecular weight excluding hydrogens is 494 g/mol. The average molecular weight is 528 g/mol.